The first kappa shape index (κ1) is 23.5. The molecule has 42 heavy (non-hydrogen) atoms. The minimum absolute atomic E-state index is 0.953. The molecule has 0 saturated carbocycles. The largest absolute Gasteiger partial charge is 0.455 e. The Labute approximate surface area is 245 Å². The molecule has 8 aromatic carbocycles. The van der Waals surface area contributed by atoms with Crippen molar-refractivity contribution in [2.24, 2.45) is 0 Å². The lowest BCUT2D eigenvalue weighted by molar-refractivity contribution is 0.673. The predicted molar refractivity (Wildman–Crippen MR) is 183 cm³/mol. The van der Waals surface area contributed by atoms with E-state index in [4.69, 9.17) is 4.42 Å². The lowest BCUT2D eigenvalue weighted by Crippen LogP contribution is -1.79. The third-order valence-corrected chi connectivity index (χ3v) is 9.71. The van der Waals surface area contributed by atoms with Gasteiger partial charge < -0.3 is 4.42 Å². The van der Waals surface area contributed by atoms with Crippen LogP contribution in [0.3, 0.4) is 0 Å². The summed E-state index contributed by atoms with van der Waals surface area (Å²) in [6, 6.07) is 51.6. The van der Waals surface area contributed by atoms with Crippen LogP contribution in [0.25, 0.3) is 85.2 Å². The molecule has 0 aliphatic heterocycles. The van der Waals surface area contributed by atoms with E-state index in [9.17, 15) is 0 Å². The quantitative estimate of drug-likeness (QED) is 0.171. The fourth-order valence-corrected chi connectivity index (χ4v) is 7.97. The smallest absolute Gasteiger partial charge is 0.143 e. The maximum absolute atomic E-state index is 6.17. The Hall–Kier alpha value is -5.18. The normalized spacial score (nSPS) is 11.8. The molecule has 0 aliphatic carbocycles. The average molecular weight is 553 g/mol. The van der Waals surface area contributed by atoms with Crippen LogP contribution in [-0.2, 0) is 0 Å². The Morgan fingerprint density at radius 1 is 0.333 bits per heavy atom. The number of para-hydroxylation sites is 1. The Morgan fingerprint density at radius 2 is 0.762 bits per heavy atom. The molecule has 0 fully saturated rings. The number of rotatable bonds is 0. The summed E-state index contributed by atoms with van der Waals surface area (Å²) in [6.07, 6.45) is 0. The highest BCUT2D eigenvalue weighted by Gasteiger charge is 2.15. The van der Waals surface area contributed by atoms with Gasteiger partial charge in [0.15, 0.2) is 0 Å². The molecule has 10 rings (SSSR count). The van der Waals surface area contributed by atoms with Gasteiger partial charge in [-0.3, -0.25) is 0 Å². The van der Waals surface area contributed by atoms with E-state index in [0.717, 1.165) is 11.2 Å². The molecule has 2 heteroatoms. The second-order valence-electron chi connectivity index (χ2n) is 10.8. The SMILES string of the molecule is c1ccc2c(c1)oc1c3ccccc3c3ccccc3c21.c1ccc2c(c1)sc1c3ccccc3c3ccccc3c21. The first-order valence-electron chi connectivity index (χ1n) is 14.3. The molecular weight excluding hydrogens is 529 g/mol. The molecule has 0 aliphatic rings. The molecule has 2 aromatic heterocycles. The highest BCUT2D eigenvalue weighted by Crippen LogP contribution is 2.44. The lowest BCUT2D eigenvalue weighted by Gasteiger charge is -2.06. The molecule has 0 N–H and O–H groups in total. The maximum atomic E-state index is 6.17. The molecule has 0 saturated heterocycles. The zero-order valence-electron chi connectivity index (χ0n) is 22.7. The van der Waals surface area contributed by atoms with E-state index in [2.05, 4.69) is 133 Å². The Bertz CT molecular complexity index is 2450. The number of hydrogen-bond donors (Lipinski definition) is 0. The summed E-state index contributed by atoms with van der Waals surface area (Å²) >= 11 is 1.91. The molecule has 196 valence electrons. The molecule has 0 atom stereocenters. The van der Waals surface area contributed by atoms with Crippen LogP contribution < -0.4 is 0 Å². The predicted octanol–water partition coefficient (Wildman–Crippen LogP) is 12.3. The van der Waals surface area contributed by atoms with Crippen molar-refractivity contribution in [1.29, 1.82) is 0 Å². The van der Waals surface area contributed by atoms with Crippen molar-refractivity contribution in [3.8, 4) is 0 Å². The molecule has 0 bridgehead atoms. The van der Waals surface area contributed by atoms with E-state index in [-0.39, 0.29) is 0 Å². The minimum Gasteiger partial charge on any atom is -0.455 e. The third kappa shape index (κ3) is 3.36. The Balaban J connectivity index is 0.000000119. The highest BCUT2D eigenvalue weighted by molar-refractivity contribution is 7.27. The first-order valence-corrected chi connectivity index (χ1v) is 15.1. The van der Waals surface area contributed by atoms with Crippen molar-refractivity contribution in [2.45, 2.75) is 0 Å². The summed E-state index contributed by atoms with van der Waals surface area (Å²) in [5.41, 5.74) is 1.94. The number of benzene rings is 8. The topological polar surface area (TPSA) is 13.1 Å². The molecule has 10 aromatic rings. The number of hydrogen-bond acceptors (Lipinski definition) is 2. The number of furan rings is 1. The van der Waals surface area contributed by atoms with E-state index in [1.54, 1.807) is 0 Å². The van der Waals surface area contributed by atoms with Gasteiger partial charge in [0.05, 0.1) is 0 Å². The van der Waals surface area contributed by atoms with Crippen LogP contribution in [0.5, 0.6) is 0 Å². The van der Waals surface area contributed by atoms with Crippen molar-refractivity contribution in [1.82, 2.24) is 0 Å². The van der Waals surface area contributed by atoms with Gasteiger partial charge in [0, 0.05) is 41.7 Å². The van der Waals surface area contributed by atoms with Crippen molar-refractivity contribution in [3.05, 3.63) is 146 Å². The molecular formula is C40H24OS. The summed E-state index contributed by atoms with van der Waals surface area (Å²) in [6.45, 7) is 0. The van der Waals surface area contributed by atoms with Crippen molar-refractivity contribution >= 4 is 96.5 Å². The average Bonchev–Trinajstić information content (AvgIpc) is 3.65. The van der Waals surface area contributed by atoms with Gasteiger partial charge in [-0.15, -0.1) is 11.3 Å². The van der Waals surface area contributed by atoms with Crippen LogP contribution in [0, 0.1) is 0 Å². The Morgan fingerprint density at radius 3 is 1.43 bits per heavy atom. The second kappa shape index (κ2) is 9.17. The van der Waals surface area contributed by atoms with Crippen LogP contribution in [0.4, 0.5) is 0 Å². The lowest BCUT2D eigenvalue weighted by atomic mass is 9.97. The number of fused-ring (bicyclic) bond motifs is 16. The summed E-state index contributed by atoms with van der Waals surface area (Å²) in [5, 5.41) is 15.6. The van der Waals surface area contributed by atoms with Crippen molar-refractivity contribution < 1.29 is 4.42 Å². The monoisotopic (exact) mass is 552 g/mol. The van der Waals surface area contributed by atoms with Gasteiger partial charge in [-0.05, 0) is 44.5 Å². The fraction of sp³-hybridized carbons (Fsp3) is 0. The highest BCUT2D eigenvalue weighted by atomic mass is 32.1. The third-order valence-electron chi connectivity index (χ3n) is 8.51. The van der Waals surface area contributed by atoms with Gasteiger partial charge in [-0.1, -0.05) is 133 Å². The van der Waals surface area contributed by atoms with Crippen LogP contribution in [0.15, 0.2) is 150 Å². The minimum atomic E-state index is 0.953. The van der Waals surface area contributed by atoms with Gasteiger partial charge in [0.1, 0.15) is 11.2 Å². The van der Waals surface area contributed by atoms with Gasteiger partial charge in [0.2, 0.25) is 0 Å². The molecule has 0 spiro atoms. The number of thiophene rings is 1. The van der Waals surface area contributed by atoms with Gasteiger partial charge in [-0.2, -0.15) is 0 Å². The molecule has 0 unspecified atom stereocenters. The van der Waals surface area contributed by atoms with Crippen molar-refractivity contribution in [2.75, 3.05) is 0 Å². The summed E-state index contributed by atoms with van der Waals surface area (Å²) in [5.74, 6) is 0. The van der Waals surface area contributed by atoms with E-state index in [1.165, 1.54) is 74.0 Å². The van der Waals surface area contributed by atoms with E-state index in [1.807, 2.05) is 23.5 Å². The van der Waals surface area contributed by atoms with Crippen LogP contribution in [0.2, 0.25) is 0 Å². The van der Waals surface area contributed by atoms with Crippen LogP contribution >= 0.6 is 11.3 Å². The van der Waals surface area contributed by atoms with Crippen LogP contribution in [0.1, 0.15) is 0 Å². The summed E-state index contributed by atoms with van der Waals surface area (Å²) in [4.78, 5) is 0. The second-order valence-corrected chi connectivity index (χ2v) is 11.8. The van der Waals surface area contributed by atoms with Gasteiger partial charge in [-0.25, -0.2) is 0 Å². The molecule has 0 amide bonds. The van der Waals surface area contributed by atoms with E-state index < -0.39 is 0 Å². The van der Waals surface area contributed by atoms with E-state index >= 15 is 0 Å². The standard InChI is InChI=1S/C20H12O.C20H12S/c2*1-3-9-15-13(7-1)14-8-2-4-10-16(14)20-19(15)17-11-5-6-12-18(17)21-20/h2*1-12H. The van der Waals surface area contributed by atoms with Gasteiger partial charge >= 0.3 is 0 Å². The fourth-order valence-electron chi connectivity index (χ4n) is 6.71. The van der Waals surface area contributed by atoms with E-state index in [0.29, 0.717) is 0 Å². The maximum Gasteiger partial charge on any atom is 0.143 e. The zero-order valence-corrected chi connectivity index (χ0v) is 23.5. The van der Waals surface area contributed by atoms with Crippen LogP contribution in [-0.4, -0.2) is 0 Å². The Kier molecular flexibility index (Phi) is 5.13. The molecule has 2 heterocycles. The summed E-state index contributed by atoms with van der Waals surface area (Å²) in [7, 11) is 0. The first-order chi connectivity index (χ1) is 20.9. The zero-order chi connectivity index (χ0) is 27.6. The molecule has 1 nitrogen and oxygen atoms in total. The van der Waals surface area contributed by atoms with Crippen molar-refractivity contribution in [3.63, 3.8) is 0 Å². The molecule has 0 radical (unpaired) electrons. The van der Waals surface area contributed by atoms with Gasteiger partial charge in [0.25, 0.3) is 0 Å². The summed E-state index contributed by atoms with van der Waals surface area (Å²) < 4.78 is 8.95.